The topological polar surface area (TPSA) is 51.6 Å². The van der Waals surface area contributed by atoms with E-state index in [0.29, 0.717) is 11.6 Å². The van der Waals surface area contributed by atoms with Gasteiger partial charge in [0.25, 0.3) is 0 Å². The molecule has 0 atom stereocenters. The average molecular weight is 789 g/mol. The van der Waals surface area contributed by atoms with Crippen molar-refractivity contribution in [1.82, 2.24) is 19.9 Å². The van der Waals surface area contributed by atoms with Crippen LogP contribution in [0.25, 0.3) is 122 Å². The molecule has 2 aromatic heterocycles. The van der Waals surface area contributed by atoms with Crippen LogP contribution in [0.3, 0.4) is 0 Å². The van der Waals surface area contributed by atoms with E-state index in [1.165, 1.54) is 21.5 Å². The summed E-state index contributed by atoms with van der Waals surface area (Å²) >= 11 is 0. The second kappa shape index (κ2) is 14.7. The fourth-order valence-corrected chi connectivity index (χ4v) is 9.02. The Morgan fingerprint density at radius 3 is 0.935 bits per heavy atom. The highest BCUT2D eigenvalue weighted by molar-refractivity contribution is 6.05. The zero-order chi connectivity index (χ0) is 41.0. The van der Waals surface area contributed by atoms with Crippen LogP contribution < -0.4 is 0 Å². The van der Waals surface area contributed by atoms with Gasteiger partial charge < -0.3 is 0 Å². The third kappa shape index (κ3) is 6.25. The third-order valence-electron chi connectivity index (χ3n) is 12.1. The lowest BCUT2D eigenvalue weighted by atomic mass is 9.94. The van der Waals surface area contributed by atoms with E-state index in [0.717, 1.165) is 88.5 Å². The monoisotopic (exact) mass is 788 g/mol. The van der Waals surface area contributed by atoms with E-state index in [4.69, 9.17) is 19.9 Å². The Hall–Kier alpha value is -8.34. The molecule has 0 N–H and O–H groups in total. The van der Waals surface area contributed by atoms with Gasteiger partial charge in [-0.05, 0) is 78.1 Å². The molecule has 0 aliphatic rings. The standard InChI is InChI=1S/C58H36N4/c1-3-17-41-33-43(31-29-37(41)13-1)57-59-53(49-25-9-19-39-15-5-7-21-45(39)49)35-55(61-57)51-27-11-24-48-47(51)23-12-28-52(48)56-36-54(50-26-10-20-40-16-6-8-22-46(40)50)60-58(62-56)44-32-30-38-14-2-4-18-42(38)34-44/h1-36H. The number of benzene rings is 10. The Morgan fingerprint density at radius 2 is 0.516 bits per heavy atom. The Balaban J connectivity index is 1.07. The van der Waals surface area contributed by atoms with Crippen LogP contribution in [0.5, 0.6) is 0 Å². The second-order valence-electron chi connectivity index (χ2n) is 15.8. The summed E-state index contributed by atoms with van der Waals surface area (Å²) in [6.45, 7) is 0. The van der Waals surface area contributed by atoms with Gasteiger partial charge in [-0.1, -0.05) is 194 Å². The predicted molar refractivity (Wildman–Crippen MR) is 258 cm³/mol. The zero-order valence-corrected chi connectivity index (χ0v) is 33.6. The fraction of sp³-hybridized carbons (Fsp3) is 0. The molecule has 0 saturated heterocycles. The Morgan fingerprint density at radius 1 is 0.210 bits per heavy atom. The number of aromatic nitrogens is 4. The molecule has 2 heterocycles. The van der Waals surface area contributed by atoms with Crippen molar-refractivity contribution in [2.24, 2.45) is 0 Å². The molecular formula is C58H36N4. The number of hydrogen-bond acceptors (Lipinski definition) is 4. The van der Waals surface area contributed by atoms with Gasteiger partial charge in [0.05, 0.1) is 22.8 Å². The van der Waals surface area contributed by atoms with Crippen LogP contribution in [0.4, 0.5) is 0 Å². The van der Waals surface area contributed by atoms with Gasteiger partial charge in [-0.3, -0.25) is 0 Å². The van der Waals surface area contributed by atoms with Crippen LogP contribution in [0.1, 0.15) is 0 Å². The largest absolute Gasteiger partial charge is 0.228 e. The average Bonchev–Trinajstić information content (AvgIpc) is 3.35. The highest BCUT2D eigenvalue weighted by Crippen LogP contribution is 2.39. The van der Waals surface area contributed by atoms with E-state index in [2.05, 4.69) is 218 Å². The molecule has 0 radical (unpaired) electrons. The zero-order valence-electron chi connectivity index (χ0n) is 33.6. The highest BCUT2D eigenvalue weighted by Gasteiger charge is 2.18. The summed E-state index contributed by atoms with van der Waals surface area (Å²) in [4.78, 5) is 21.3. The minimum atomic E-state index is 0.680. The van der Waals surface area contributed by atoms with Crippen molar-refractivity contribution in [2.75, 3.05) is 0 Å². The first-order chi connectivity index (χ1) is 30.7. The van der Waals surface area contributed by atoms with Crippen molar-refractivity contribution < 1.29 is 0 Å². The van der Waals surface area contributed by atoms with E-state index < -0.39 is 0 Å². The van der Waals surface area contributed by atoms with Crippen molar-refractivity contribution >= 4 is 53.9 Å². The van der Waals surface area contributed by atoms with E-state index in [9.17, 15) is 0 Å². The Labute approximate surface area is 358 Å². The van der Waals surface area contributed by atoms with E-state index >= 15 is 0 Å². The number of rotatable bonds is 6. The van der Waals surface area contributed by atoms with Crippen molar-refractivity contribution in [3.05, 3.63) is 218 Å². The summed E-state index contributed by atoms with van der Waals surface area (Å²) < 4.78 is 0. The van der Waals surface area contributed by atoms with Gasteiger partial charge in [-0.25, -0.2) is 19.9 Å². The molecular weight excluding hydrogens is 753 g/mol. The molecule has 0 amide bonds. The first-order valence-electron chi connectivity index (χ1n) is 21.0. The maximum Gasteiger partial charge on any atom is 0.160 e. The van der Waals surface area contributed by atoms with E-state index in [1.54, 1.807) is 0 Å². The number of hydrogen-bond donors (Lipinski definition) is 0. The van der Waals surface area contributed by atoms with Gasteiger partial charge >= 0.3 is 0 Å². The van der Waals surface area contributed by atoms with Crippen molar-refractivity contribution in [1.29, 1.82) is 0 Å². The molecule has 288 valence electrons. The smallest absolute Gasteiger partial charge is 0.160 e. The first kappa shape index (κ1) is 35.6. The third-order valence-corrected chi connectivity index (χ3v) is 12.1. The van der Waals surface area contributed by atoms with E-state index in [1.807, 2.05) is 0 Å². The molecule has 12 rings (SSSR count). The van der Waals surface area contributed by atoms with Crippen LogP contribution >= 0.6 is 0 Å². The predicted octanol–water partition coefficient (Wildman–Crippen LogP) is 15.0. The molecule has 0 spiro atoms. The van der Waals surface area contributed by atoms with Crippen LogP contribution in [0.15, 0.2) is 218 Å². The lowest BCUT2D eigenvalue weighted by Gasteiger charge is -2.15. The molecule has 4 heteroatoms. The molecule has 0 fully saturated rings. The SMILES string of the molecule is c1ccc2cc(-c3nc(-c4cccc5ccccc45)cc(-c4cccc5c(-c6cc(-c7cccc8ccccc78)nc(-c7ccc8ccccc8c7)n6)cccc45)n3)ccc2c1. The number of nitrogens with zero attached hydrogens (tertiary/aromatic N) is 4. The summed E-state index contributed by atoms with van der Waals surface area (Å²) in [6.07, 6.45) is 0. The van der Waals surface area contributed by atoms with Gasteiger partial charge in [-0.2, -0.15) is 0 Å². The van der Waals surface area contributed by atoms with Gasteiger partial charge in [0, 0.05) is 33.4 Å². The van der Waals surface area contributed by atoms with Crippen LogP contribution in [-0.4, -0.2) is 19.9 Å². The lowest BCUT2D eigenvalue weighted by Crippen LogP contribution is -1.98. The summed E-state index contributed by atoms with van der Waals surface area (Å²) in [7, 11) is 0. The first-order valence-corrected chi connectivity index (χ1v) is 21.0. The van der Waals surface area contributed by atoms with Gasteiger partial charge in [-0.15, -0.1) is 0 Å². The molecule has 0 bridgehead atoms. The van der Waals surface area contributed by atoms with Crippen molar-refractivity contribution in [2.45, 2.75) is 0 Å². The highest BCUT2D eigenvalue weighted by atomic mass is 14.9. The fourth-order valence-electron chi connectivity index (χ4n) is 9.02. The molecule has 0 saturated carbocycles. The summed E-state index contributed by atoms with van der Waals surface area (Å²) in [6, 6.07) is 77.0. The normalized spacial score (nSPS) is 11.5. The molecule has 4 nitrogen and oxygen atoms in total. The lowest BCUT2D eigenvalue weighted by molar-refractivity contribution is 1.19. The Kier molecular flexibility index (Phi) is 8.46. The minimum absolute atomic E-state index is 0.680. The molecule has 0 unspecified atom stereocenters. The summed E-state index contributed by atoms with van der Waals surface area (Å²) in [5, 5.41) is 11.5. The Bertz CT molecular complexity index is 3460. The van der Waals surface area contributed by atoms with Gasteiger partial charge in [0.15, 0.2) is 11.6 Å². The van der Waals surface area contributed by atoms with Crippen molar-refractivity contribution in [3.8, 4) is 67.8 Å². The summed E-state index contributed by atoms with van der Waals surface area (Å²) in [5.74, 6) is 1.36. The second-order valence-corrected chi connectivity index (χ2v) is 15.8. The molecule has 0 aliphatic heterocycles. The quantitative estimate of drug-likeness (QED) is 0.168. The molecule has 12 aromatic rings. The molecule has 62 heavy (non-hydrogen) atoms. The van der Waals surface area contributed by atoms with Crippen LogP contribution in [0.2, 0.25) is 0 Å². The van der Waals surface area contributed by atoms with Gasteiger partial charge in [0.1, 0.15) is 0 Å². The maximum atomic E-state index is 5.36. The van der Waals surface area contributed by atoms with E-state index in [-0.39, 0.29) is 0 Å². The maximum absolute atomic E-state index is 5.36. The van der Waals surface area contributed by atoms with Crippen LogP contribution in [-0.2, 0) is 0 Å². The molecule has 0 aliphatic carbocycles. The number of fused-ring (bicyclic) bond motifs is 5. The summed E-state index contributed by atoms with van der Waals surface area (Å²) in [5.41, 5.74) is 9.57. The minimum Gasteiger partial charge on any atom is -0.228 e. The van der Waals surface area contributed by atoms with Gasteiger partial charge in [0.2, 0.25) is 0 Å². The van der Waals surface area contributed by atoms with Crippen molar-refractivity contribution in [3.63, 3.8) is 0 Å². The molecule has 10 aromatic carbocycles. The van der Waals surface area contributed by atoms with Crippen LogP contribution in [0, 0.1) is 0 Å².